The lowest BCUT2D eigenvalue weighted by atomic mass is 9.86. The first-order chi connectivity index (χ1) is 10.3. The Morgan fingerprint density at radius 3 is 2.45 bits per heavy atom. The lowest BCUT2D eigenvalue weighted by Gasteiger charge is -2.35. The molecule has 1 unspecified atom stereocenters. The number of hydrogen-bond acceptors (Lipinski definition) is 3. The SMILES string of the molecule is CC(C)(C)OC(=O)N1CCC(C(N)c2ccccc2Br)CC1. The second kappa shape index (κ2) is 7.01. The van der Waals surface area contributed by atoms with E-state index >= 15 is 0 Å². The minimum Gasteiger partial charge on any atom is -0.444 e. The first kappa shape index (κ1) is 17.3. The Morgan fingerprint density at radius 2 is 1.91 bits per heavy atom. The van der Waals surface area contributed by atoms with Crippen molar-refractivity contribution in [3.8, 4) is 0 Å². The summed E-state index contributed by atoms with van der Waals surface area (Å²) in [5.74, 6) is 0.386. The molecule has 22 heavy (non-hydrogen) atoms. The maximum absolute atomic E-state index is 12.1. The van der Waals surface area contributed by atoms with Crippen LogP contribution in [0.5, 0.6) is 0 Å². The highest BCUT2D eigenvalue weighted by Gasteiger charge is 2.30. The standard InChI is InChI=1S/C17H25BrN2O2/c1-17(2,3)22-16(21)20-10-8-12(9-11-20)15(19)13-6-4-5-7-14(13)18/h4-7,12,15H,8-11,19H2,1-3H3. The summed E-state index contributed by atoms with van der Waals surface area (Å²) in [6, 6.07) is 8.08. The second-order valence-corrected chi connectivity index (χ2v) is 7.71. The quantitative estimate of drug-likeness (QED) is 0.854. The molecule has 122 valence electrons. The van der Waals surface area contributed by atoms with Crippen molar-refractivity contribution in [2.75, 3.05) is 13.1 Å². The fraction of sp³-hybridized carbons (Fsp3) is 0.588. The van der Waals surface area contributed by atoms with E-state index in [2.05, 4.69) is 22.0 Å². The fourth-order valence-electron chi connectivity index (χ4n) is 2.77. The summed E-state index contributed by atoms with van der Waals surface area (Å²) in [5.41, 5.74) is 7.12. The number of carbonyl (C=O) groups is 1. The Bertz CT molecular complexity index is 520. The molecular weight excluding hydrogens is 344 g/mol. The van der Waals surface area contributed by atoms with Crippen molar-refractivity contribution in [1.82, 2.24) is 4.90 Å². The van der Waals surface area contributed by atoms with Crippen molar-refractivity contribution in [3.63, 3.8) is 0 Å². The number of carbonyl (C=O) groups excluding carboxylic acids is 1. The third-order valence-corrected chi connectivity index (χ3v) is 4.69. The molecule has 1 aliphatic rings. The molecule has 1 heterocycles. The summed E-state index contributed by atoms with van der Waals surface area (Å²) < 4.78 is 6.48. The van der Waals surface area contributed by atoms with Gasteiger partial charge in [-0.2, -0.15) is 0 Å². The van der Waals surface area contributed by atoms with Gasteiger partial charge in [0.1, 0.15) is 5.60 Å². The lowest BCUT2D eigenvalue weighted by molar-refractivity contribution is 0.0174. The van der Waals surface area contributed by atoms with Crippen LogP contribution in [0, 0.1) is 5.92 Å². The van der Waals surface area contributed by atoms with Crippen LogP contribution in [-0.4, -0.2) is 29.7 Å². The van der Waals surface area contributed by atoms with Gasteiger partial charge in [0, 0.05) is 23.6 Å². The summed E-state index contributed by atoms with van der Waals surface area (Å²) in [5, 5.41) is 0. The zero-order valence-corrected chi connectivity index (χ0v) is 15.1. The third kappa shape index (κ3) is 4.46. The van der Waals surface area contributed by atoms with Crippen LogP contribution in [0.15, 0.2) is 28.7 Å². The molecular formula is C17H25BrN2O2. The smallest absolute Gasteiger partial charge is 0.410 e. The van der Waals surface area contributed by atoms with Gasteiger partial charge < -0.3 is 15.4 Å². The number of nitrogens with zero attached hydrogens (tertiary/aromatic N) is 1. The van der Waals surface area contributed by atoms with Crippen LogP contribution < -0.4 is 5.73 Å². The molecule has 1 amide bonds. The van der Waals surface area contributed by atoms with Gasteiger partial charge in [0.05, 0.1) is 0 Å². The van der Waals surface area contributed by atoms with Crippen molar-refractivity contribution in [3.05, 3.63) is 34.3 Å². The Hall–Kier alpha value is -1.07. The first-order valence-corrected chi connectivity index (χ1v) is 8.55. The van der Waals surface area contributed by atoms with E-state index in [0.717, 1.165) is 22.9 Å². The molecule has 1 saturated heterocycles. The van der Waals surface area contributed by atoms with E-state index in [1.54, 1.807) is 4.90 Å². The number of piperidine rings is 1. The van der Waals surface area contributed by atoms with E-state index in [0.29, 0.717) is 19.0 Å². The van der Waals surface area contributed by atoms with E-state index in [9.17, 15) is 4.79 Å². The normalized spacial score (nSPS) is 18.1. The first-order valence-electron chi connectivity index (χ1n) is 7.76. The number of benzene rings is 1. The summed E-state index contributed by atoms with van der Waals surface area (Å²) in [6.45, 7) is 7.08. The van der Waals surface area contributed by atoms with Crippen LogP contribution in [0.2, 0.25) is 0 Å². The summed E-state index contributed by atoms with van der Waals surface area (Å²) in [7, 11) is 0. The molecule has 0 radical (unpaired) electrons. The van der Waals surface area contributed by atoms with Gasteiger partial charge in [0.25, 0.3) is 0 Å². The van der Waals surface area contributed by atoms with Crippen molar-refractivity contribution < 1.29 is 9.53 Å². The third-order valence-electron chi connectivity index (χ3n) is 3.96. The van der Waals surface area contributed by atoms with E-state index in [4.69, 9.17) is 10.5 Å². The van der Waals surface area contributed by atoms with Gasteiger partial charge in [-0.3, -0.25) is 0 Å². The Labute approximate surface area is 141 Å². The molecule has 0 saturated carbocycles. The number of nitrogens with two attached hydrogens (primary N) is 1. The molecule has 2 N–H and O–H groups in total. The van der Waals surface area contributed by atoms with Gasteiger partial charge >= 0.3 is 6.09 Å². The molecule has 4 nitrogen and oxygen atoms in total. The molecule has 1 aromatic rings. The second-order valence-electron chi connectivity index (χ2n) is 6.85. The van der Waals surface area contributed by atoms with Crippen LogP contribution in [-0.2, 0) is 4.74 Å². The fourth-order valence-corrected chi connectivity index (χ4v) is 3.32. The molecule has 2 rings (SSSR count). The van der Waals surface area contributed by atoms with E-state index in [1.807, 2.05) is 39.0 Å². The molecule has 1 fully saturated rings. The topological polar surface area (TPSA) is 55.6 Å². The maximum atomic E-state index is 12.1. The minimum atomic E-state index is -0.445. The molecule has 0 aliphatic carbocycles. The van der Waals surface area contributed by atoms with Crippen LogP contribution in [0.4, 0.5) is 4.79 Å². The van der Waals surface area contributed by atoms with Gasteiger partial charge in [-0.15, -0.1) is 0 Å². The highest BCUT2D eigenvalue weighted by Crippen LogP contribution is 2.32. The molecule has 1 atom stereocenters. The Balaban J connectivity index is 1.92. The van der Waals surface area contributed by atoms with Crippen molar-refractivity contribution in [2.45, 2.75) is 45.3 Å². The van der Waals surface area contributed by atoms with Crippen LogP contribution in [0.3, 0.4) is 0 Å². The largest absolute Gasteiger partial charge is 0.444 e. The number of rotatable bonds is 2. The summed E-state index contributed by atoms with van der Waals surface area (Å²) >= 11 is 3.57. The zero-order valence-electron chi connectivity index (χ0n) is 13.5. The number of halogens is 1. The van der Waals surface area contributed by atoms with Crippen LogP contribution in [0.25, 0.3) is 0 Å². The number of ether oxygens (including phenoxy) is 1. The van der Waals surface area contributed by atoms with Gasteiger partial charge in [-0.1, -0.05) is 34.1 Å². The number of likely N-dealkylation sites (tertiary alicyclic amines) is 1. The highest BCUT2D eigenvalue weighted by atomic mass is 79.9. The molecule has 0 aromatic heterocycles. The Morgan fingerprint density at radius 1 is 1.32 bits per heavy atom. The maximum Gasteiger partial charge on any atom is 0.410 e. The van der Waals surface area contributed by atoms with Crippen LogP contribution >= 0.6 is 15.9 Å². The molecule has 1 aromatic carbocycles. The zero-order chi connectivity index (χ0) is 16.3. The van der Waals surface area contributed by atoms with Gasteiger partial charge in [0.2, 0.25) is 0 Å². The molecule has 5 heteroatoms. The van der Waals surface area contributed by atoms with Crippen LogP contribution in [0.1, 0.15) is 45.2 Å². The van der Waals surface area contributed by atoms with Crippen molar-refractivity contribution in [1.29, 1.82) is 0 Å². The van der Waals surface area contributed by atoms with Gasteiger partial charge in [-0.25, -0.2) is 4.79 Å². The van der Waals surface area contributed by atoms with Crippen molar-refractivity contribution >= 4 is 22.0 Å². The average molecular weight is 369 g/mol. The lowest BCUT2D eigenvalue weighted by Crippen LogP contribution is -2.43. The van der Waals surface area contributed by atoms with E-state index in [1.165, 1.54) is 0 Å². The predicted octanol–water partition coefficient (Wildman–Crippen LogP) is 4.10. The molecule has 0 bridgehead atoms. The average Bonchev–Trinajstić information content (AvgIpc) is 2.45. The van der Waals surface area contributed by atoms with Gasteiger partial charge in [0.15, 0.2) is 0 Å². The summed E-state index contributed by atoms with van der Waals surface area (Å²) in [6.07, 6.45) is 1.59. The molecule has 0 spiro atoms. The predicted molar refractivity (Wildman–Crippen MR) is 91.6 cm³/mol. The number of amides is 1. The number of hydrogen-bond donors (Lipinski definition) is 1. The van der Waals surface area contributed by atoms with E-state index < -0.39 is 5.60 Å². The minimum absolute atomic E-state index is 0.00337. The Kier molecular flexibility index (Phi) is 5.50. The highest BCUT2D eigenvalue weighted by molar-refractivity contribution is 9.10. The summed E-state index contributed by atoms with van der Waals surface area (Å²) in [4.78, 5) is 13.9. The van der Waals surface area contributed by atoms with Gasteiger partial charge in [-0.05, 0) is 51.2 Å². The van der Waals surface area contributed by atoms with E-state index in [-0.39, 0.29) is 12.1 Å². The molecule has 1 aliphatic heterocycles. The van der Waals surface area contributed by atoms with Crippen molar-refractivity contribution in [2.24, 2.45) is 11.7 Å². The monoisotopic (exact) mass is 368 g/mol.